The van der Waals surface area contributed by atoms with Crippen LogP contribution in [0.25, 0.3) is 55.3 Å². The van der Waals surface area contributed by atoms with Gasteiger partial charge in [0.2, 0.25) is 0 Å². The number of rotatable bonds is 6. The fourth-order valence-electron chi connectivity index (χ4n) is 8.04. The molecule has 1 heteroatoms. The van der Waals surface area contributed by atoms with E-state index in [0.29, 0.717) is 0 Å². The Hall–Kier alpha value is -6.18. The average Bonchev–Trinajstić information content (AvgIpc) is 3.41. The molecule has 0 saturated carbocycles. The van der Waals surface area contributed by atoms with E-state index in [9.17, 15) is 0 Å². The predicted molar refractivity (Wildman–Crippen MR) is 217 cm³/mol. The highest BCUT2D eigenvalue weighted by Gasteiger charge is 2.36. The number of fused-ring (bicyclic) bond motifs is 4. The van der Waals surface area contributed by atoms with Gasteiger partial charge in [-0.05, 0) is 115 Å². The minimum absolute atomic E-state index is 0.158. The van der Waals surface area contributed by atoms with Gasteiger partial charge in [0, 0.05) is 22.5 Å². The molecule has 8 aromatic rings. The van der Waals surface area contributed by atoms with Crippen molar-refractivity contribution in [1.29, 1.82) is 0 Å². The highest BCUT2D eigenvalue weighted by atomic mass is 15.1. The van der Waals surface area contributed by atoms with Gasteiger partial charge in [-0.3, -0.25) is 0 Å². The second kappa shape index (κ2) is 12.3. The van der Waals surface area contributed by atoms with Crippen molar-refractivity contribution in [3.63, 3.8) is 0 Å². The Morgan fingerprint density at radius 1 is 0.392 bits per heavy atom. The molecule has 0 atom stereocenters. The minimum Gasteiger partial charge on any atom is -0.310 e. The summed E-state index contributed by atoms with van der Waals surface area (Å²) in [7, 11) is 0. The lowest BCUT2D eigenvalue weighted by atomic mass is 9.81. The number of hydrogen-bond acceptors (Lipinski definition) is 1. The van der Waals surface area contributed by atoms with Gasteiger partial charge in [-0.15, -0.1) is 0 Å². The van der Waals surface area contributed by atoms with Crippen LogP contribution in [0.5, 0.6) is 0 Å². The van der Waals surface area contributed by atoms with Crippen molar-refractivity contribution in [2.75, 3.05) is 4.90 Å². The second-order valence-electron chi connectivity index (χ2n) is 14.3. The maximum absolute atomic E-state index is 2.43. The summed E-state index contributed by atoms with van der Waals surface area (Å²) in [6, 6.07) is 66.6. The highest BCUT2D eigenvalue weighted by molar-refractivity contribution is 5.98. The second-order valence-corrected chi connectivity index (χ2v) is 14.3. The lowest BCUT2D eigenvalue weighted by Crippen LogP contribution is -2.17. The van der Waals surface area contributed by atoms with E-state index in [2.05, 4.69) is 208 Å². The maximum atomic E-state index is 2.43. The summed E-state index contributed by atoms with van der Waals surface area (Å²) in [4.78, 5) is 2.42. The first-order valence-corrected chi connectivity index (χ1v) is 17.8. The summed E-state index contributed by atoms with van der Waals surface area (Å²) >= 11 is 0. The van der Waals surface area contributed by atoms with Crippen LogP contribution in [0.2, 0.25) is 0 Å². The third-order valence-corrected chi connectivity index (χ3v) is 10.8. The predicted octanol–water partition coefficient (Wildman–Crippen LogP) is 13.9. The van der Waals surface area contributed by atoms with E-state index in [1.807, 2.05) is 0 Å². The summed E-state index contributed by atoms with van der Waals surface area (Å²) in [6.45, 7) is 6.96. The van der Waals surface area contributed by atoms with Gasteiger partial charge in [0.25, 0.3) is 0 Å². The standard InChI is InChI=1S/C50H39N/c1-34-12-7-10-19-49(34)51(41-27-24-38(25-28-41)37-22-20-36(21-23-37)35-13-5-4-6-14-35)42-29-31-46-45-30-26-40(32-47(45)50(2,3)48(46)33-42)44-18-11-16-39-15-8-9-17-43(39)44/h4-33H,1-3H3. The monoisotopic (exact) mass is 653 g/mol. The van der Waals surface area contributed by atoms with E-state index in [-0.39, 0.29) is 5.41 Å². The summed E-state index contributed by atoms with van der Waals surface area (Å²) in [5.41, 5.74) is 17.4. The van der Waals surface area contributed by atoms with Crippen molar-refractivity contribution in [3.8, 4) is 44.5 Å². The summed E-state index contributed by atoms with van der Waals surface area (Å²) in [5.74, 6) is 0. The number of para-hydroxylation sites is 1. The zero-order valence-corrected chi connectivity index (χ0v) is 29.3. The highest BCUT2D eigenvalue weighted by Crippen LogP contribution is 2.52. The molecule has 51 heavy (non-hydrogen) atoms. The van der Waals surface area contributed by atoms with Gasteiger partial charge in [0.1, 0.15) is 0 Å². The van der Waals surface area contributed by atoms with Gasteiger partial charge < -0.3 is 4.90 Å². The molecule has 8 aromatic carbocycles. The van der Waals surface area contributed by atoms with Crippen molar-refractivity contribution in [2.45, 2.75) is 26.2 Å². The van der Waals surface area contributed by atoms with E-state index in [1.165, 1.54) is 77.7 Å². The van der Waals surface area contributed by atoms with Crippen molar-refractivity contribution < 1.29 is 0 Å². The van der Waals surface area contributed by atoms with Crippen molar-refractivity contribution in [1.82, 2.24) is 0 Å². The third-order valence-electron chi connectivity index (χ3n) is 10.8. The SMILES string of the molecule is Cc1ccccc1N(c1ccc(-c2ccc(-c3ccccc3)cc2)cc1)c1ccc2c(c1)C(C)(C)c1cc(-c3cccc4ccccc34)ccc1-2. The summed E-state index contributed by atoms with van der Waals surface area (Å²) in [6.07, 6.45) is 0. The normalized spacial score (nSPS) is 12.8. The van der Waals surface area contributed by atoms with Crippen LogP contribution >= 0.6 is 0 Å². The van der Waals surface area contributed by atoms with Crippen LogP contribution in [-0.2, 0) is 5.41 Å². The Labute approximate surface area is 301 Å². The van der Waals surface area contributed by atoms with Crippen molar-refractivity contribution in [3.05, 3.63) is 199 Å². The van der Waals surface area contributed by atoms with Crippen LogP contribution in [0.15, 0.2) is 182 Å². The first-order chi connectivity index (χ1) is 25.0. The number of benzene rings is 8. The number of nitrogens with zero attached hydrogens (tertiary/aromatic N) is 1. The van der Waals surface area contributed by atoms with E-state index in [0.717, 1.165) is 11.4 Å². The fourth-order valence-corrected chi connectivity index (χ4v) is 8.04. The van der Waals surface area contributed by atoms with Crippen LogP contribution in [0, 0.1) is 6.92 Å². The van der Waals surface area contributed by atoms with Crippen molar-refractivity contribution >= 4 is 27.8 Å². The smallest absolute Gasteiger partial charge is 0.0490 e. The third kappa shape index (κ3) is 5.34. The van der Waals surface area contributed by atoms with Gasteiger partial charge in [-0.2, -0.15) is 0 Å². The zero-order chi connectivity index (χ0) is 34.5. The van der Waals surface area contributed by atoms with Crippen LogP contribution in [0.1, 0.15) is 30.5 Å². The van der Waals surface area contributed by atoms with Crippen LogP contribution < -0.4 is 4.90 Å². The molecule has 0 saturated heterocycles. The minimum atomic E-state index is -0.158. The number of anilines is 3. The molecule has 0 spiro atoms. The number of aryl methyl sites for hydroxylation is 1. The van der Waals surface area contributed by atoms with Crippen molar-refractivity contribution in [2.24, 2.45) is 0 Å². The molecule has 0 heterocycles. The fraction of sp³-hybridized carbons (Fsp3) is 0.0800. The molecule has 0 aliphatic heterocycles. The molecule has 0 unspecified atom stereocenters. The molecule has 0 aromatic heterocycles. The van der Waals surface area contributed by atoms with Gasteiger partial charge in [0.15, 0.2) is 0 Å². The van der Waals surface area contributed by atoms with Crippen LogP contribution in [0.4, 0.5) is 17.1 Å². The van der Waals surface area contributed by atoms with Gasteiger partial charge in [-0.1, -0.05) is 159 Å². The summed E-state index contributed by atoms with van der Waals surface area (Å²) in [5, 5.41) is 2.56. The van der Waals surface area contributed by atoms with Gasteiger partial charge in [-0.25, -0.2) is 0 Å². The number of hydrogen-bond donors (Lipinski definition) is 0. The Morgan fingerprint density at radius 3 is 1.65 bits per heavy atom. The molecule has 1 nitrogen and oxygen atoms in total. The molecule has 0 bridgehead atoms. The van der Waals surface area contributed by atoms with Gasteiger partial charge >= 0.3 is 0 Å². The molecule has 244 valence electrons. The van der Waals surface area contributed by atoms with Crippen LogP contribution in [0.3, 0.4) is 0 Å². The molecule has 0 amide bonds. The van der Waals surface area contributed by atoms with E-state index in [1.54, 1.807) is 0 Å². The van der Waals surface area contributed by atoms with Crippen LogP contribution in [-0.4, -0.2) is 0 Å². The lowest BCUT2D eigenvalue weighted by molar-refractivity contribution is 0.660. The molecule has 0 fully saturated rings. The van der Waals surface area contributed by atoms with E-state index < -0.39 is 0 Å². The Kier molecular flexibility index (Phi) is 7.44. The summed E-state index contributed by atoms with van der Waals surface area (Å²) < 4.78 is 0. The van der Waals surface area contributed by atoms with E-state index in [4.69, 9.17) is 0 Å². The Morgan fingerprint density at radius 2 is 0.922 bits per heavy atom. The molecule has 0 N–H and O–H groups in total. The quantitative estimate of drug-likeness (QED) is 0.173. The largest absolute Gasteiger partial charge is 0.310 e. The molecule has 1 aliphatic rings. The van der Waals surface area contributed by atoms with E-state index >= 15 is 0 Å². The first kappa shape index (κ1) is 30.8. The molecular weight excluding hydrogens is 615 g/mol. The first-order valence-electron chi connectivity index (χ1n) is 17.8. The maximum Gasteiger partial charge on any atom is 0.0490 e. The topological polar surface area (TPSA) is 3.24 Å². The molecule has 1 aliphatic carbocycles. The average molecular weight is 654 g/mol. The molecule has 0 radical (unpaired) electrons. The Balaban J connectivity index is 1.09. The zero-order valence-electron chi connectivity index (χ0n) is 29.3. The Bertz CT molecular complexity index is 2540. The molecular formula is C50H39N. The van der Waals surface area contributed by atoms with Gasteiger partial charge in [0.05, 0.1) is 0 Å². The molecule has 9 rings (SSSR count). The lowest BCUT2D eigenvalue weighted by Gasteiger charge is -2.29.